The lowest BCUT2D eigenvalue weighted by Gasteiger charge is -2.21. The van der Waals surface area contributed by atoms with Gasteiger partial charge in [0.2, 0.25) is 0 Å². The molecule has 1 aromatic heterocycles. The van der Waals surface area contributed by atoms with Crippen molar-refractivity contribution in [3.63, 3.8) is 0 Å². The number of nitrogens with one attached hydrogen (secondary N) is 2. The highest BCUT2D eigenvalue weighted by Crippen LogP contribution is 2.26. The second kappa shape index (κ2) is 8.55. The van der Waals surface area contributed by atoms with Gasteiger partial charge in [-0.15, -0.1) is 0 Å². The van der Waals surface area contributed by atoms with E-state index >= 15 is 0 Å². The Labute approximate surface area is 149 Å². The summed E-state index contributed by atoms with van der Waals surface area (Å²) in [5, 5.41) is 11.2. The molecule has 0 aliphatic carbocycles. The van der Waals surface area contributed by atoms with E-state index in [1.165, 1.54) is 11.3 Å². The topological polar surface area (TPSA) is 57.5 Å². The first-order valence-electron chi connectivity index (χ1n) is 8.99. The second-order valence-corrected chi connectivity index (χ2v) is 6.50. The number of para-hydroxylation sites is 1. The maximum Gasteiger partial charge on any atom is 0.193 e. The minimum Gasteiger partial charge on any atom is -0.385 e. The molecule has 2 heterocycles. The Balaban J connectivity index is 1.39. The van der Waals surface area contributed by atoms with Gasteiger partial charge < -0.3 is 15.5 Å². The first-order chi connectivity index (χ1) is 12.3. The van der Waals surface area contributed by atoms with Crippen LogP contribution in [0.25, 0.3) is 0 Å². The van der Waals surface area contributed by atoms with E-state index in [-0.39, 0.29) is 0 Å². The smallest absolute Gasteiger partial charge is 0.193 e. The van der Waals surface area contributed by atoms with Gasteiger partial charge in [0.05, 0.1) is 6.20 Å². The van der Waals surface area contributed by atoms with Crippen molar-refractivity contribution in [2.45, 2.75) is 18.8 Å². The van der Waals surface area contributed by atoms with Crippen molar-refractivity contribution >= 4 is 11.6 Å². The summed E-state index contributed by atoms with van der Waals surface area (Å²) in [6, 6.07) is 10.3. The average Bonchev–Trinajstić information content (AvgIpc) is 3.28. The number of aliphatic imine (C=N–C) groups is 1. The molecule has 2 aromatic rings. The van der Waals surface area contributed by atoms with Crippen LogP contribution in [0.5, 0.6) is 0 Å². The van der Waals surface area contributed by atoms with Gasteiger partial charge in [0.15, 0.2) is 5.96 Å². The maximum atomic E-state index is 4.45. The monoisotopic (exact) mass is 340 g/mol. The Bertz CT molecular complexity index is 678. The van der Waals surface area contributed by atoms with Crippen LogP contribution in [0.2, 0.25) is 0 Å². The van der Waals surface area contributed by atoms with Crippen molar-refractivity contribution in [2.75, 3.05) is 38.5 Å². The molecule has 1 saturated heterocycles. The lowest BCUT2D eigenvalue weighted by atomic mass is 10.0. The molecule has 3 rings (SSSR count). The number of hydrogen-bond acceptors (Lipinski definition) is 3. The predicted molar refractivity (Wildman–Crippen MR) is 103 cm³/mol. The van der Waals surface area contributed by atoms with Crippen molar-refractivity contribution in [1.29, 1.82) is 0 Å². The largest absolute Gasteiger partial charge is 0.385 e. The Kier molecular flexibility index (Phi) is 5.93. The third-order valence-corrected chi connectivity index (χ3v) is 4.64. The van der Waals surface area contributed by atoms with E-state index in [0.29, 0.717) is 5.92 Å². The first kappa shape index (κ1) is 17.3. The minimum atomic E-state index is 0.548. The van der Waals surface area contributed by atoms with E-state index in [1.54, 1.807) is 0 Å². The molecule has 0 saturated carbocycles. The van der Waals surface area contributed by atoms with E-state index in [1.807, 2.05) is 31.0 Å². The van der Waals surface area contributed by atoms with Crippen LogP contribution in [0.15, 0.2) is 47.7 Å². The molecule has 1 aliphatic rings. The quantitative estimate of drug-likeness (QED) is 0.481. The van der Waals surface area contributed by atoms with Crippen molar-refractivity contribution in [3.05, 3.63) is 48.3 Å². The Hall–Kier alpha value is -2.50. The number of aryl methyl sites for hydroxylation is 1. The lowest BCUT2D eigenvalue weighted by Crippen LogP contribution is -2.40. The number of likely N-dealkylation sites (tertiary alicyclic amines) is 1. The van der Waals surface area contributed by atoms with Crippen LogP contribution in [0.4, 0.5) is 5.69 Å². The van der Waals surface area contributed by atoms with Crippen molar-refractivity contribution < 1.29 is 0 Å². The molecule has 0 bridgehead atoms. The zero-order chi connectivity index (χ0) is 17.5. The molecule has 1 unspecified atom stereocenters. The number of benzene rings is 1. The van der Waals surface area contributed by atoms with Gasteiger partial charge in [-0.3, -0.25) is 9.67 Å². The molecule has 25 heavy (non-hydrogen) atoms. The van der Waals surface area contributed by atoms with Gasteiger partial charge >= 0.3 is 0 Å². The lowest BCUT2D eigenvalue weighted by molar-refractivity contribution is 0.485. The van der Waals surface area contributed by atoms with Gasteiger partial charge in [0, 0.05) is 58.1 Å². The van der Waals surface area contributed by atoms with E-state index in [4.69, 9.17) is 0 Å². The number of guanidine groups is 1. The van der Waals surface area contributed by atoms with E-state index in [0.717, 1.165) is 45.0 Å². The third-order valence-electron chi connectivity index (χ3n) is 4.64. The Morgan fingerprint density at radius 1 is 1.28 bits per heavy atom. The fourth-order valence-electron chi connectivity index (χ4n) is 3.29. The highest BCUT2D eigenvalue weighted by atomic mass is 15.3. The summed E-state index contributed by atoms with van der Waals surface area (Å²) in [5.41, 5.74) is 2.50. The fourth-order valence-corrected chi connectivity index (χ4v) is 3.29. The summed E-state index contributed by atoms with van der Waals surface area (Å²) in [5.74, 6) is 1.55. The molecular weight excluding hydrogens is 312 g/mol. The summed E-state index contributed by atoms with van der Waals surface area (Å²) >= 11 is 0. The molecule has 1 atom stereocenters. The zero-order valence-corrected chi connectivity index (χ0v) is 15.2. The van der Waals surface area contributed by atoms with Crippen molar-refractivity contribution in [2.24, 2.45) is 12.0 Å². The molecule has 6 heteroatoms. The first-order valence-corrected chi connectivity index (χ1v) is 8.99. The fraction of sp³-hybridized carbons (Fsp3) is 0.474. The highest BCUT2D eigenvalue weighted by molar-refractivity contribution is 5.80. The summed E-state index contributed by atoms with van der Waals surface area (Å²) in [7, 11) is 3.84. The normalized spacial score (nSPS) is 17.8. The number of hydrogen-bond donors (Lipinski definition) is 2. The summed E-state index contributed by atoms with van der Waals surface area (Å²) < 4.78 is 1.88. The van der Waals surface area contributed by atoms with Gasteiger partial charge in [-0.05, 0) is 30.5 Å². The number of anilines is 1. The molecule has 6 nitrogen and oxygen atoms in total. The van der Waals surface area contributed by atoms with E-state index < -0.39 is 0 Å². The van der Waals surface area contributed by atoms with Crippen LogP contribution in [-0.2, 0) is 7.05 Å². The highest BCUT2D eigenvalue weighted by Gasteiger charge is 2.26. The SMILES string of the molecule is CN=C(NCCCNc1ccccc1)N1CCC(c2cnn(C)c2)C1. The maximum absolute atomic E-state index is 4.45. The molecule has 1 aliphatic heterocycles. The molecule has 1 aromatic carbocycles. The van der Waals surface area contributed by atoms with Crippen LogP contribution in [0.1, 0.15) is 24.3 Å². The van der Waals surface area contributed by atoms with Crippen LogP contribution >= 0.6 is 0 Å². The molecule has 134 valence electrons. The van der Waals surface area contributed by atoms with E-state index in [2.05, 4.69) is 56.1 Å². The van der Waals surface area contributed by atoms with Gasteiger partial charge in [-0.25, -0.2) is 0 Å². The summed E-state index contributed by atoms with van der Waals surface area (Å²) in [6.45, 7) is 3.92. The zero-order valence-electron chi connectivity index (χ0n) is 15.2. The van der Waals surface area contributed by atoms with Gasteiger partial charge in [-0.2, -0.15) is 5.10 Å². The summed E-state index contributed by atoms with van der Waals surface area (Å²) in [4.78, 5) is 6.80. The van der Waals surface area contributed by atoms with E-state index in [9.17, 15) is 0 Å². The second-order valence-electron chi connectivity index (χ2n) is 6.50. The van der Waals surface area contributed by atoms with Crippen molar-refractivity contribution in [1.82, 2.24) is 20.0 Å². The van der Waals surface area contributed by atoms with Gasteiger partial charge in [-0.1, -0.05) is 18.2 Å². The van der Waals surface area contributed by atoms with Crippen LogP contribution in [0, 0.1) is 0 Å². The number of rotatable bonds is 6. The van der Waals surface area contributed by atoms with Crippen molar-refractivity contribution in [3.8, 4) is 0 Å². The van der Waals surface area contributed by atoms with Crippen LogP contribution in [0.3, 0.4) is 0 Å². The van der Waals surface area contributed by atoms with Crippen LogP contribution < -0.4 is 10.6 Å². The number of aromatic nitrogens is 2. The standard InChI is InChI=1S/C19H28N6/c1-20-19(22-11-6-10-21-18-7-4-3-5-8-18)25-12-9-16(15-25)17-13-23-24(2)14-17/h3-5,7-8,13-14,16,21H,6,9-12,15H2,1-2H3,(H,20,22). The number of nitrogens with zero attached hydrogens (tertiary/aromatic N) is 4. The van der Waals surface area contributed by atoms with Gasteiger partial charge in [0.1, 0.15) is 0 Å². The molecule has 2 N–H and O–H groups in total. The minimum absolute atomic E-state index is 0.548. The summed E-state index contributed by atoms with van der Waals surface area (Å²) in [6.07, 6.45) is 6.31. The molecular formula is C19H28N6. The van der Waals surface area contributed by atoms with Gasteiger partial charge in [0.25, 0.3) is 0 Å². The molecule has 0 spiro atoms. The average molecular weight is 340 g/mol. The third kappa shape index (κ3) is 4.75. The molecule has 0 amide bonds. The molecule has 1 fully saturated rings. The predicted octanol–water partition coefficient (Wildman–Crippen LogP) is 2.29. The Morgan fingerprint density at radius 2 is 2.12 bits per heavy atom. The molecule has 0 radical (unpaired) electrons. The van der Waals surface area contributed by atoms with Crippen LogP contribution in [-0.4, -0.2) is 53.9 Å². The Morgan fingerprint density at radius 3 is 2.84 bits per heavy atom.